The minimum atomic E-state index is 0. The molecule has 0 spiro atoms. The maximum atomic E-state index is 7.79. The van der Waals surface area contributed by atoms with E-state index in [1.807, 2.05) is 18.2 Å². The fourth-order valence-electron chi connectivity index (χ4n) is 5.94. The van der Waals surface area contributed by atoms with Gasteiger partial charge in [-0.05, 0) is 28.9 Å². The summed E-state index contributed by atoms with van der Waals surface area (Å²) in [6, 6.07) is 31.2. The predicted octanol–water partition coefficient (Wildman–Crippen LogP) is 8.31. The Morgan fingerprint density at radius 2 is 1.08 bits per heavy atom. The number of allylic oxidation sites excluding steroid dienone is 4. The standard InChI is InChI=1S/C12H10.C9H13.C7H10N.C6H7Ge.CH3.Zr/c1-3-7-11(8-4-1)12-9-5-2-6-10-12;1-6-5-7(2)9(4)8(6)3;8-7-1-4-5(2-7)6(4)3-7;7-6-4-2-1-3-5-6;;/h1-10H;6H,1-4H3;4-6,8H,1-3H2;1-5H,7H2;1H3;/q;2*-1;;-1;+3. The van der Waals surface area contributed by atoms with E-state index in [2.05, 4.69) is 107 Å². The first-order chi connectivity index (χ1) is 17.3. The van der Waals surface area contributed by atoms with E-state index in [4.69, 9.17) is 5.73 Å². The Bertz CT molecular complexity index is 1120. The summed E-state index contributed by atoms with van der Waals surface area (Å²) in [4.78, 5) is 0. The molecule has 0 aliphatic heterocycles. The summed E-state index contributed by atoms with van der Waals surface area (Å²) in [7, 11) is 0. The monoisotopic (exact) mass is 641 g/mol. The summed E-state index contributed by atoms with van der Waals surface area (Å²) in [6.45, 7) is 8.67. The molecular formula is C35H43GeNZr. The molecule has 3 heteroatoms. The van der Waals surface area contributed by atoms with Gasteiger partial charge in [0.2, 0.25) is 0 Å². The molecule has 0 amide bonds. The van der Waals surface area contributed by atoms with E-state index in [0.717, 1.165) is 17.8 Å². The maximum Gasteiger partial charge on any atom is 3.00 e. The summed E-state index contributed by atoms with van der Waals surface area (Å²) in [5.41, 5.74) is 14.7. The molecule has 4 fully saturated rings. The molecule has 1 unspecified atom stereocenters. The normalized spacial score (nSPS) is 26.6. The molecule has 0 aromatic heterocycles. The molecule has 4 bridgehead atoms. The molecule has 38 heavy (non-hydrogen) atoms. The largest absolute Gasteiger partial charge is 3.00 e. The number of benzene rings is 3. The van der Waals surface area contributed by atoms with Crippen LogP contribution < -0.4 is 4.40 Å². The molecule has 4 saturated carbocycles. The summed E-state index contributed by atoms with van der Waals surface area (Å²) in [6.07, 6.45) is 7.12. The molecule has 1 nitrogen and oxygen atoms in total. The average Bonchev–Trinajstić information content (AvgIpc) is 3.27. The molecule has 3 aromatic carbocycles. The van der Waals surface area contributed by atoms with Crippen molar-refractivity contribution in [1.82, 2.24) is 0 Å². The van der Waals surface area contributed by atoms with Gasteiger partial charge < -0.3 is 13.2 Å². The Labute approximate surface area is 259 Å². The van der Waals surface area contributed by atoms with Gasteiger partial charge in [0.25, 0.3) is 0 Å². The van der Waals surface area contributed by atoms with Crippen molar-refractivity contribution in [2.75, 3.05) is 0 Å². The minimum Gasteiger partial charge on any atom is -0.672 e. The molecule has 1 N–H and O–H groups in total. The van der Waals surface area contributed by atoms with Gasteiger partial charge in [-0.3, -0.25) is 6.08 Å². The molecule has 8 rings (SSSR count). The maximum absolute atomic E-state index is 7.79. The number of hydrogen-bond acceptors (Lipinski definition) is 0. The van der Waals surface area contributed by atoms with Crippen molar-refractivity contribution in [1.29, 1.82) is 0 Å². The molecule has 1 atom stereocenters. The van der Waals surface area contributed by atoms with Gasteiger partial charge in [-0.1, -0.05) is 107 Å². The van der Waals surface area contributed by atoms with Crippen LogP contribution >= 0.6 is 0 Å². The van der Waals surface area contributed by atoms with E-state index in [1.165, 1.54) is 68.0 Å². The quantitative estimate of drug-likeness (QED) is 0.189. The van der Waals surface area contributed by atoms with Crippen molar-refractivity contribution < 1.29 is 26.2 Å². The zero-order chi connectivity index (χ0) is 25.7. The molecule has 0 saturated heterocycles. The van der Waals surface area contributed by atoms with Crippen molar-refractivity contribution in [3.05, 3.63) is 127 Å². The van der Waals surface area contributed by atoms with Gasteiger partial charge in [0.15, 0.2) is 0 Å². The van der Waals surface area contributed by atoms with E-state index >= 15 is 0 Å². The topological polar surface area (TPSA) is 23.8 Å². The Kier molecular flexibility index (Phi) is 12.7. The zero-order valence-electron chi connectivity index (χ0n) is 23.8. The molecule has 5 aliphatic rings. The first kappa shape index (κ1) is 32.7. The average molecular weight is 642 g/mol. The number of hydrogen-bond donors (Lipinski definition) is 0. The Morgan fingerprint density at radius 3 is 1.26 bits per heavy atom. The van der Waals surface area contributed by atoms with Crippen LogP contribution in [-0.2, 0) is 26.2 Å². The van der Waals surface area contributed by atoms with Crippen molar-refractivity contribution in [3.8, 4) is 11.1 Å². The van der Waals surface area contributed by atoms with Gasteiger partial charge in [0, 0.05) is 0 Å². The zero-order valence-corrected chi connectivity index (χ0v) is 29.2. The van der Waals surface area contributed by atoms with Gasteiger partial charge >= 0.3 is 77.4 Å². The Morgan fingerprint density at radius 1 is 0.711 bits per heavy atom. The van der Waals surface area contributed by atoms with Gasteiger partial charge in [0.1, 0.15) is 0 Å². The third-order valence-electron chi connectivity index (χ3n) is 8.35. The minimum absolute atomic E-state index is 0. The second-order valence-electron chi connectivity index (χ2n) is 10.9. The summed E-state index contributed by atoms with van der Waals surface area (Å²) < 4.78 is 1.45. The van der Waals surface area contributed by atoms with Crippen LogP contribution in [0.25, 0.3) is 16.9 Å². The van der Waals surface area contributed by atoms with E-state index in [0.29, 0.717) is 5.92 Å². The third-order valence-corrected chi connectivity index (χ3v) is 9.34. The first-order valence-electron chi connectivity index (χ1n) is 13.3. The van der Waals surface area contributed by atoms with Gasteiger partial charge in [-0.15, -0.1) is 12.5 Å². The van der Waals surface area contributed by atoms with E-state index < -0.39 is 0 Å². The SMILES string of the molecule is CC1=[C-]C(C)C(C)=C1C.[CH3-].[GeH2][c]1ccccc1.[NH-]C12CC3C(C1)C3C2.[Zr+3].c1ccc(-c2ccccc2)cc1. The van der Waals surface area contributed by atoms with Crippen LogP contribution in [0.3, 0.4) is 0 Å². The van der Waals surface area contributed by atoms with Crippen molar-refractivity contribution in [2.45, 2.75) is 52.5 Å². The van der Waals surface area contributed by atoms with Crippen LogP contribution in [0.4, 0.5) is 0 Å². The van der Waals surface area contributed by atoms with Crippen molar-refractivity contribution in [3.63, 3.8) is 0 Å². The number of rotatable bonds is 1. The van der Waals surface area contributed by atoms with Crippen LogP contribution in [0.5, 0.6) is 0 Å². The first-order valence-corrected chi connectivity index (χ1v) is 14.8. The van der Waals surface area contributed by atoms with Crippen molar-refractivity contribution >= 4 is 20.9 Å². The van der Waals surface area contributed by atoms with E-state index in [-0.39, 0.29) is 39.2 Å². The Hall–Kier alpha value is -1.47. The molecular weight excluding hydrogens is 598 g/mol. The molecule has 2 radical (unpaired) electrons. The van der Waals surface area contributed by atoms with Gasteiger partial charge in [-0.25, -0.2) is 5.57 Å². The fraction of sp³-hybridized carbons (Fsp3) is 0.343. The van der Waals surface area contributed by atoms with Crippen LogP contribution in [0.1, 0.15) is 47.0 Å². The second-order valence-corrected chi connectivity index (χ2v) is 12.6. The van der Waals surface area contributed by atoms with Gasteiger partial charge in [0.05, 0.1) is 0 Å². The molecule has 3 aromatic rings. The van der Waals surface area contributed by atoms with Crippen LogP contribution in [-0.4, -0.2) is 22.1 Å². The van der Waals surface area contributed by atoms with Crippen LogP contribution in [0.2, 0.25) is 0 Å². The van der Waals surface area contributed by atoms with Crippen LogP contribution in [0.15, 0.2) is 108 Å². The molecule has 5 aliphatic carbocycles. The van der Waals surface area contributed by atoms with Crippen LogP contribution in [0, 0.1) is 37.2 Å². The van der Waals surface area contributed by atoms with E-state index in [9.17, 15) is 0 Å². The molecule has 0 heterocycles. The second kappa shape index (κ2) is 14.8. The van der Waals surface area contributed by atoms with Gasteiger partial charge in [-0.2, -0.15) is 11.1 Å². The smallest absolute Gasteiger partial charge is 0.672 e. The Balaban J connectivity index is 0.000000178. The van der Waals surface area contributed by atoms with E-state index in [1.54, 1.807) is 0 Å². The summed E-state index contributed by atoms with van der Waals surface area (Å²) in [5, 5.41) is 0. The van der Waals surface area contributed by atoms with Crippen molar-refractivity contribution in [2.24, 2.45) is 23.7 Å². The summed E-state index contributed by atoms with van der Waals surface area (Å²) >= 11 is 1.26. The third kappa shape index (κ3) is 8.51. The fourth-order valence-corrected chi connectivity index (χ4v) is 6.51. The summed E-state index contributed by atoms with van der Waals surface area (Å²) in [5.74, 6) is 3.66. The molecule has 196 valence electrons. The number of nitrogens with one attached hydrogen (secondary N) is 1. The predicted molar refractivity (Wildman–Crippen MR) is 164 cm³/mol.